The van der Waals surface area contributed by atoms with Crippen molar-refractivity contribution in [2.45, 2.75) is 50.8 Å². The van der Waals surface area contributed by atoms with Crippen molar-refractivity contribution in [1.29, 1.82) is 0 Å². The van der Waals surface area contributed by atoms with E-state index >= 15 is 0 Å². The Morgan fingerprint density at radius 2 is 0.850 bits per heavy atom. The Bertz CT molecular complexity index is 1620. The highest BCUT2D eigenvalue weighted by molar-refractivity contribution is 7.80. The highest BCUT2D eigenvalue weighted by Crippen LogP contribution is 2.59. The van der Waals surface area contributed by atoms with Gasteiger partial charge >= 0.3 is 0 Å². The Labute approximate surface area is 242 Å². The normalized spacial score (nSPS) is 16.9. The summed E-state index contributed by atoms with van der Waals surface area (Å²) in [4.78, 5) is 0. The van der Waals surface area contributed by atoms with Gasteiger partial charge in [-0.25, -0.2) is 0 Å². The third kappa shape index (κ3) is 4.04. The summed E-state index contributed by atoms with van der Waals surface area (Å²) in [5.41, 5.74) is 10.6. The van der Waals surface area contributed by atoms with Crippen LogP contribution in [0.1, 0.15) is 72.9 Å². The van der Waals surface area contributed by atoms with Crippen LogP contribution in [0.3, 0.4) is 0 Å². The van der Waals surface area contributed by atoms with Crippen LogP contribution >= 0.6 is 15.8 Å². The predicted octanol–water partition coefficient (Wildman–Crippen LogP) is 8.36. The minimum Gasteiger partial charge on any atom is -0.0697 e. The number of hydrogen-bond donors (Lipinski definition) is 0. The van der Waals surface area contributed by atoms with Crippen LogP contribution in [-0.2, 0) is 0 Å². The lowest BCUT2D eigenvalue weighted by molar-refractivity contribution is 0.763. The summed E-state index contributed by atoms with van der Waals surface area (Å²) in [6.07, 6.45) is 0. The first-order chi connectivity index (χ1) is 19.6. The Balaban J connectivity index is 1.54. The highest BCUT2D eigenvalue weighted by atomic mass is 31.1. The van der Waals surface area contributed by atoms with Crippen molar-refractivity contribution in [3.05, 3.63) is 155 Å². The van der Waals surface area contributed by atoms with E-state index in [2.05, 4.69) is 149 Å². The zero-order valence-corrected chi connectivity index (χ0v) is 25.5. The molecule has 3 aliphatic carbocycles. The van der Waals surface area contributed by atoms with Crippen molar-refractivity contribution < 1.29 is 0 Å². The largest absolute Gasteiger partial charge is 0.0697 e. The van der Waals surface area contributed by atoms with Crippen molar-refractivity contribution in [3.63, 3.8) is 0 Å². The third-order valence-corrected chi connectivity index (χ3v) is 14.4. The predicted molar refractivity (Wildman–Crippen MR) is 177 cm³/mol. The average Bonchev–Trinajstić information content (AvgIpc) is 2.98. The zero-order chi connectivity index (χ0) is 27.4. The van der Waals surface area contributed by atoms with Gasteiger partial charge in [-0.05, 0) is 73.8 Å². The quantitative estimate of drug-likeness (QED) is 0.181. The first kappa shape index (κ1) is 25.9. The molecule has 8 rings (SSSR count). The molecule has 2 heteroatoms. The lowest BCUT2D eigenvalue weighted by Gasteiger charge is -2.46. The van der Waals surface area contributed by atoms with E-state index in [-0.39, 0.29) is 13.8 Å². The van der Waals surface area contributed by atoms with Gasteiger partial charge in [0.2, 0.25) is 0 Å². The highest BCUT2D eigenvalue weighted by Gasteiger charge is 2.45. The minimum absolute atomic E-state index is 0.276. The van der Waals surface area contributed by atoms with E-state index in [0.29, 0.717) is 17.2 Å². The van der Waals surface area contributed by atoms with Crippen molar-refractivity contribution in [3.8, 4) is 0 Å². The molecular weight excluding hydrogens is 518 g/mol. The van der Waals surface area contributed by atoms with Crippen molar-refractivity contribution in [1.82, 2.24) is 0 Å². The van der Waals surface area contributed by atoms with E-state index < -0.39 is 7.92 Å². The molecule has 0 saturated carbocycles. The molecule has 0 saturated heterocycles. The van der Waals surface area contributed by atoms with Crippen molar-refractivity contribution in [2.75, 3.05) is 0 Å². The second-order valence-electron chi connectivity index (χ2n) is 11.7. The fourth-order valence-corrected chi connectivity index (χ4v) is 13.1. The molecule has 5 aromatic rings. The second kappa shape index (κ2) is 10.4. The number of rotatable bonds is 6. The van der Waals surface area contributed by atoms with Gasteiger partial charge in [0.15, 0.2) is 0 Å². The SMILES string of the molecule is CC(C)P(c1cccc2c1C1c3ccccc3C2c2cccc(P(c3ccccc3)c3ccccc3)c21)C(C)C. The fraction of sp³-hybridized carbons (Fsp3) is 0.211. The Kier molecular flexibility index (Phi) is 6.74. The van der Waals surface area contributed by atoms with Crippen molar-refractivity contribution >= 4 is 37.1 Å². The van der Waals surface area contributed by atoms with Gasteiger partial charge in [-0.15, -0.1) is 0 Å². The molecule has 0 radical (unpaired) electrons. The first-order valence-corrected chi connectivity index (χ1v) is 17.4. The maximum absolute atomic E-state index is 2.48. The summed E-state index contributed by atoms with van der Waals surface area (Å²) in [7, 11) is -0.982. The molecule has 5 aromatic carbocycles. The molecule has 0 aromatic heterocycles. The second-order valence-corrected chi connectivity index (χ2v) is 17.2. The van der Waals surface area contributed by atoms with E-state index in [1.807, 2.05) is 0 Å². The molecule has 40 heavy (non-hydrogen) atoms. The van der Waals surface area contributed by atoms with Crippen LogP contribution in [0.4, 0.5) is 0 Å². The van der Waals surface area contributed by atoms with Crippen molar-refractivity contribution in [2.24, 2.45) is 0 Å². The molecule has 0 heterocycles. The maximum atomic E-state index is 2.48. The molecule has 0 spiro atoms. The summed E-state index contributed by atoms with van der Waals surface area (Å²) in [6, 6.07) is 46.2. The van der Waals surface area contributed by atoms with E-state index in [0.717, 1.165) is 0 Å². The molecule has 2 unspecified atom stereocenters. The summed E-state index contributed by atoms with van der Waals surface area (Å²) >= 11 is 0. The van der Waals surface area contributed by atoms with Gasteiger partial charge in [0.1, 0.15) is 0 Å². The lowest BCUT2D eigenvalue weighted by atomic mass is 9.61. The smallest absolute Gasteiger partial charge is 0.0362 e. The molecule has 2 bridgehead atoms. The molecule has 2 atom stereocenters. The average molecular weight is 555 g/mol. The third-order valence-electron chi connectivity index (χ3n) is 8.71. The summed E-state index contributed by atoms with van der Waals surface area (Å²) in [6.45, 7) is 9.74. The molecule has 0 fully saturated rings. The summed E-state index contributed by atoms with van der Waals surface area (Å²) in [5.74, 6) is 0.573. The standard InChI is InChI=1S/C38H36P2/c1-25(2)39(26(3)4)33-23-13-21-31-35-29-19-11-12-20-30(29)38(36(31)33)37-32(35)22-14-24-34(37)40(27-15-7-5-8-16-27)28-17-9-6-10-18-28/h5-26,35,38H,1-4H3. The Hall–Kier alpha value is -3.04. The van der Waals surface area contributed by atoms with Crippen LogP contribution in [0.25, 0.3) is 0 Å². The Morgan fingerprint density at radius 3 is 1.38 bits per heavy atom. The van der Waals surface area contributed by atoms with Crippen LogP contribution in [0.15, 0.2) is 121 Å². The first-order valence-electron chi connectivity index (χ1n) is 14.6. The van der Waals surface area contributed by atoms with E-state index in [9.17, 15) is 0 Å². The van der Waals surface area contributed by atoms with Gasteiger partial charge in [0.05, 0.1) is 0 Å². The molecular formula is C38H36P2. The molecule has 198 valence electrons. The lowest BCUT2D eigenvalue weighted by Crippen LogP contribution is -2.37. The number of benzene rings is 5. The molecule has 0 N–H and O–H groups in total. The van der Waals surface area contributed by atoms with E-state index in [1.165, 1.54) is 32.6 Å². The zero-order valence-electron chi connectivity index (χ0n) is 23.8. The number of hydrogen-bond acceptors (Lipinski definition) is 0. The van der Waals surface area contributed by atoms with Crippen LogP contribution < -0.4 is 21.2 Å². The van der Waals surface area contributed by atoms with E-state index in [1.54, 1.807) is 22.0 Å². The van der Waals surface area contributed by atoms with Crippen LogP contribution in [0, 0.1) is 0 Å². The van der Waals surface area contributed by atoms with Gasteiger partial charge in [-0.1, -0.05) is 157 Å². The van der Waals surface area contributed by atoms with Gasteiger partial charge < -0.3 is 0 Å². The van der Waals surface area contributed by atoms with Gasteiger partial charge in [0, 0.05) is 11.8 Å². The van der Waals surface area contributed by atoms with Gasteiger partial charge in [0.25, 0.3) is 0 Å². The fourth-order valence-electron chi connectivity index (χ4n) is 7.42. The summed E-state index contributed by atoms with van der Waals surface area (Å²) < 4.78 is 0. The van der Waals surface area contributed by atoms with Crippen LogP contribution in [0.5, 0.6) is 0 Å². The maximum Gasteiger partial charge on any atom is 0.0362 e. The van der Waals surface area contributed by atoms with Gasteiger partial charge in [-0.2, -0.15) is 0 Å². The molecule has 3 aliphatic rings. The minimum atomic E-state index is -0.696. The topological polar surface area (TPSA) is 0 Å². The Morgan fingerprint density at radius 1 is 0.425 bits per heavy atom. The van der Waals surface area contributed by atoms with E-state index in [4.69, 9.17) is 0 Å². The molecule has 0 amide bonds. The molecule has 0 nitrogen and oxygen atoms in total. The van der Waals surface area contributed by atoms with Crippen LogP contribution in [0.2, 0.25) is 0 Å². The molecule has 0 aliphatic heterocycles. The monoisotopic (exact) mass is 554 g/mol. The van der Waals surface area contributed by atoms with Gasteiger partial charge in [-0.3, -0.25) is 0 Å². The van der Waals surface area contributed by atoms with Crippen LogP contribution in [-0.4, -0.2) is 11.3 Å². The summed E-state index contributed by atoms with van der Waals surface area (Å²) in [5, 5.41) is 6.00.